The van der Waals surface area contributed by atoms with Gasteiger partial charge >= 0.3 is 0 Å². The standard InChI is InChI=1S/C14H17N3/c1-12(10-14-15-8-5-9-16-14)17-11-13-6-3-2-4-7-13/h2-9,12,17H,10-11H2,1H3/t12-/m1/s1. The highest BCUT2D eigenvalue weighted by Crippen LogP contribution is 2.00. The van der Waals surface area contributed by atoms with Crippen molar-refractivity contribution in [3.63, 3.8) is 0 Å². The lowest BCUT2D eigenvalue weighted by molar-refractivity contribution is 0.534. The number of aromatic nitrogens is 2. The molecule has 0 radical (unpaired) electrons. The highest BCUT2D eigenvalue weighted by Gasteiger charge is 2.04. The summed E-state index contributed by atoms with van der Waals surface area (Å²) in [5, 5.41) is 3.47. The van der Waals surface area contributed by atoms with Crippen LogP contribution in [0.5, 0.6) is 0 Å². The lowest BCUT2D eigenvalue weighted by Crippen LogP contribution is -2.28. The van der Waals surface area contributed by atoms with E-state index in [0.29, 0.717) is 6.04 Å². The molecule has 0 spiro atoms. The molecule has 2 aromatic rings. The highest BCUT2D eigenvalue weighted by atomic mass is 14.9. The van der Waals surface area contributed by atoms with Gasteiger partial charge in [0.05, 0.1) is 0 Å². The SMILES string of the molecule is C[C@H](Cc1ncccn1)NCc1ccccc1. The highest BCUT2D eigenvalue weighted by molar-refractivity contribution is 5.14. The molecule has 2 rings (SSSR count). The molecule has 1 N–H and O–H groups in total. The summed E-state index contributed by atoms with van der Waals surface area (Å²) < 4.78 is 0. The van der Waals surface area contributed by atoms with Gasteiger partial charge in [-0.3, -0.25) is 0 Å². The molecule has 1 aromatic heterocycles. The van der Waals surface area contributed by atoms with Crippen molar-refractivity contribution in [2.75, 3.05) is 0 Å². The summed E-state index contributed by atoms with van der Waals surface area (Å²) in [6.07, 6.45) is 4.42. The van der Waals surface area contributed by atoms with E-state index in [-0.39, 0.29) is 0 Å². The van der Waals surface area contributed by atoms with Crippen molar-refractivity contribution in [3.05, 3.63) is 60.2 Å². The molecule has 0 saturated carbocycles. The zero-order valence-corrected chi connectivity index (χ0v) is 10.0. The normalized spacial score (nSPS) is 12.3. The number of nitrogens with one attached hydrogen (secondary N) is 1. The van der Waals surface area contributed by atoms with Crippen molar-refractivity contribution in [1.29, 1.82) is 0 Å². The molecule has 1 aromatic carbocycles. The number of hydrogen-bond acceptors (Lipinski definition) is 3. The Bertz CT molecular complexity index is 428. The van der Waals surface area contributed by atoms with E-state index in [9.17, 15) is 0 Å². The predicted octanol–water partition coefficient (Wildman–Crippen LogP) is 2.20. The molecule has 88 valence electrons. The summed E-state index contributed by atoms with van der Waals surface area (Å²) in [4.78, 5) is 8.45. The van der Waals surface area contributed by atoms with Gasteiger partial charge in [0.1, 0.15) is 5.82 Å². The summed E-state index contributed by atoms with van der Waals surface area (Å²) in [7, 11) is 0. The van der Waals surface area contributed by atoms with Gasteiger partial charge in [-0.25, -0.2) is 9.97 Å². The number of hydrogen-bond donors (Lipinski definition) is 1. The van der Waals surface area contributed by atoms with Gasteiger partial charge in [0.25, 0.3) is 0 Å². The van der Waals surface area contributed by atoms with E-state index in [1.54, 1.807) is 12.4 Å². The van der Waals surface area contributed by atoms with Crippen molar-refractivity contribution in [1.82, 2.24) is 15.3 Å². The molecule has 0 unspecified atom stereocenters. The van der Waals surface area contributed by atoms with Crippen LogP contribution in [0.3, 0.4) is 0 Å². The maximum Gasteiger partial charge on any atom is 0.129 e. The fourth-order valence-electron chi connectivity index (χ4n) is 1.67. The molecule has 0 aliphatic heterocycles. The second-order valence-corrected chi connectivity index (χ2v) is 4.14. The van der Waals surface area contributed by atoms with Crippen LogP contribution in [-0.2, 0) is 13.0 Å². The predicted molar refractivity (Wildman–Crippen MR) is 68.5 cm³/mol. The quantitative estimate of drug-likeness (QED) is 0.851. The third-order valence-electron chi connectivity index (χ3n) is 2.61. The second kappa shape index (κ2) is 6.11. The first-order valence-corrected chi connectivity index (χ1v) is 5.88. The number of benzene rings is 1. The van der Waals surface area contributed by atoms with Crippen molar-refractivity contribution >= 4 is 0 Å². The first-order valence-electron chi connectivity index (χ1n) is 5.88. The Morgan fingerprint density at radius 2 is 1.76 bits per heavy atom. The minimum Gasteiger partial charge on any atom is -0.310 e. The Morgan fingerprint density at radius 3 is 2.47 bits per heavy atom. The Kier molecular flexibility index (Phi) is 4.22. The van der Waals surface area contributed by atoms with E-state index >= 15 is 0 Å². The summed E-state index contributed by atoms with van der Waals surface area (Å²) in [6, 6.07) is 12.6. The third kappa shape index (κ3) is 3.96. The topological polar surface area (TPSA) is 37.8 Å². The van der Waals surface area contributed by atoms with Crippen molar-refractivity contribution in [3.8, 4) is 0 Å². The molecular weight excluding hydrogens is 210 g/mol. The zero-order chi connectivity index (χ0) is 11.9. The first-order chi connectivity index (χ1) is 8.34. The van der Waals surface area contributed by atoms with E-state index < -0.39 is 0 Å². The van der Waals surface area contributed by atoms with E-state index in [0.717, 1.165) is 18.8 Å². The largest absolute Gasteiger partial charge is 0.310 e. The van der Waals surface area contributed by atoms with Gasteiger partial charge in [0.15, 0.2) is 0 Å². The molecule has 0 aliphatic carbocycles. The van der Waals surface area contributed by atoms with Crippen molar-refractivity contribution < 1.29 is 0 Å². The number of nitrogens with zero attached hydrogens (tertiary/aromatic N) is 2. The molecule has 3 heteroatoms. The van der Waals surface area contributed by atoms with Crippen LogP contribution in [0.4, 0.5) is 0 Å². The lowest BCUT2D eigenvalue weighted by atomic mass is 10.2. The van der Waals surface area contributed by atoms with Crippen LogP contribution in [-0.4, -0.2) is 16.0 Å². The Labute approximate surface area is 102 Å². The van der Waals surface area contributed by atoms with Crippen molar-refractivity contribution in [2.45, 2.75) is 25.9 Å². The Balaban J connectivity index is 1.80. The molecule has 0 fully saturated rings. The van der Waals surface area contributed by atoms with Gasteiger partial charge < -0.3 is 5.32 Å². The van der Waals surface area contributed by atoms with E-state index in [4.69, 9.17) is 0 Å². The van der Waals surface area contributed by atoms with Gasteiger partial charge in [-0.1, -0.05) is 30.3 Å². The Morgan fingerprint density at radius 1 is 1.06 bits per heavy atom. The van der Waals surface area contributed by atoms with Gasteiger partial charge in [0.2, 0.25) is 0 Å². The van der Waals surface area contributed by atoms with Crippen LogP contribution in [0.2, 0.25) is 0 Å². The van der Waals surface area contributed by atoms with Crippen LogP contribution < -0.4 is 5.32 Å². The lowest BCUT2D eigenvalue weighted by Gasteiger charge is -2.12. The maximum absolute atomic E-state index is 4.22. The summed E-state index contributed by atoms with van der Waals surface area (Å²) in [5.74, 6) is 0.889. The zero-order valence-electron chi connectivity index (χ0n) is 10.0. The number of rotatable bonds is 5. The van der Waals surface area contributed by atoms with Gasteiger partial charge in [-0.05, 0) is 18.6 Å². The first kappa shape index (κ1) is 11.7. The molecule has 0 aliphatic rings. The average Bonchev–Trinajstić information content (AvgIpc) is 2.39. The van der Waals surface area contributed by atoms with Gasteiger partial charge in [-0.15, -0.1) is 0 Å². The van der Waals surface area contributed by atoms with Crippen molar-refractivity contribution in [2.24, 2.45) is 0 Å². The maximum atomic E-state index is 4.22. The van der Waals surface area contributed by atoms with Crippen LogP contribution in [0, 0.1) is 0 Å². The van der Waals surface area contributed by atoms with E-state index in [1.807, 2.05) is 12.1 Å². The van der Waals surface area contributed by atoms with Gasteiger partial charge in [0, 0.05) is 31.4 Å². The fraction of sp³-hybridized carbons (Fsp3) is 0.286. The second-order valence-electron chi connectivity index (χ2n) is 4.14. The Hall–Kier alpha value is -1.74. The summed E-state index contributed by atoms with van der Waals surface area (Å²) in [6.45, 7) is 3.04. The minimum atomic E-state index is 0.373. The third-order valence-corrected chi connectivity index (χ3v) is 2.61. The minimum absolute atomic E-state index is 0.373. The molecule has 0 bridgehead atoms. The van der Waals surface area contributed by atoms with Crippen LogP contribution >= 0.6 is 0 Å². The monoisotopic (exact) mass is 227 g/mol. The van der Waals surface area contributed by atoms with Crippen LogP contribution in [0.15, 0.2) is 48.8 Å². The average molecular weight is 227 g/mol. The van der Waals surface area contributed by atoms with Gasteiger partial charge in [-0.2, -0.15) is 0 Å². The molecule has 0 amide bonds. The van der Waals surface area contributed by atoms with Crippen LogP contribution in [0.1, 0.15) is 18.3 Å². The fourth-order valence-corrected chi connectivity index (χ4v) is 1.67. The molecule has 0 saturated heterocycles. The smallest absolute Gasteiger partial charge is 0.129 e. The van der Waals surface area contributed by atoms with E-state index in [1.165, 1.54) is 5.56 Å². The molecule has 1 atom stereocenters. The summed E-state index contributed by atoms with van der Waals surface area (Å²) in [5.41, 5.74) is 1.30. The molecular formula is C14H17N3. The summed E-state index contributed by atoms with van der Waals surface area (Å²) >= 11 is 0. The molecule has 3 nitrogen and oxygen atoms in total. The van der Waals surface area contributed by atoms with Crippen LogP contribution in [0.25, 0.3) is 0 Å². The molecule has 1 heterocycles. The van der Waals surface area contributed by atoms with E-state index in [2.05, 4.69) is 46.5 Å². The molecule has 17 heavy (non-hydrogen) atoms.